The summed E-state index contributed by atoms with van der Waals surface area (Å²) in [6.45, 7) is 0. The average molecular weight is 268 g/mol. The fraction of sp³-hybridized carbons (Fsp3) is 0.0476. The molecule has 0 amide bonds. The van der Waals surface area contributed by atoms with E-state index in [1.165, 1.54) is 33.4 Å². The maximum atomic E-state index is 2.31. The van der Waals surface area contributed by atoms with Gasteiger partial charge in [-0.25, -0.2) is 0 Å². The van der Waals surface area contributed by atoms with Crippen molar-refractivity contribution in [1.82, 2.24) is 0 Å². The Morgan fingerprint density at radius 3 is 2.19 bits per heavy atom. The number of hydrogen-bond acceptors (Lipinski definition) is 0. The molecule has 0 radical (unpaired) electrons. The highest BCUT2D eigenvalue weighted by molar-refractivity contribution is 5.79. The highest BCUT2D eigenvalue weighted by Crippen LogP contribution is 2.36. The summed E-state index contributed by atoms with van der Waals surface area (Å²) in [7, 11) is 0. The van der Waals surface area contributed by atoms with Crippen molar-refractivity contribution in [2.75, 3.05) is 0 Å². The van der Waals surface area contributed by atoms with Gasteiger partial charge in [0, 0.05) is 0 Å². The van der Waals surface area contributed by atoms with Crippen molar-refractivity contribution in [2.24, 2.45) is 0 Å². The van der Waals surface area contributed by atoms with E-state index in [2.05, 4.69) is 78.9 Å². The first-order chi connectivity index (χ1) is 10.4. The van der Waals surface area contributed by atoms with E-state index in [0.717, 1.165) is 6.42 Å². The second-order valence-corrected chi connectivity index (χ2v) is 5.49. The van der Waals surface area contributed by atoms with E-state index in [1.807, 2.05) is 6.07 Å². The van der Waals surface area contributed by atoms with Gasteiger partial charge in [0.2, 0.25) is 0 Å². The number of fused-ring (bicyclic) bond motifs is 3. The molecule has 0 aliphatic heterocycles. The lowest BCUT2D eigenvalue weighted by Gasteiger charge is -2.02. The molecule has 0 saturated heterocycles. The minimum atomic E-state index is 1.05. The topological polar surface area (TPSA) is 0 Å². The molecule has 0 nitrogen and oxygen atoms in total. The zero-order valence-electron chi connectivity index (χ0n) is 11.8. The smallest absolute Gasteiger partial charge is 0.00132 e. The maximum absolute atomic E-state index is 2.31. The Bertz CT molecular complexity index is 810. The zero-order chi connectivity index (χ0) is 14.1. The van der Waals surface area contributed by atoms with E-state index in [1.54, 1.807) is 0 Å². The predicted molar refractivity (Wildman–Crippen MR) is 90.1 cm³/mol. The van der Waals surface area contributed by atoms with Gasteiger partial charge in [-0.3, -0.25) is 0 Å². The number of benzene rings is 3. The average Bonchev–Trinajstić information content (AvgIpc) is 2.91. The summed E-state index contributed by atoms with van der Waals surface area (Å²) in [4.78, 5) is 0. The van der Waals surface area contributed by atoms with Crippen molar-refractivity contribution in [3.63, 3.8) is 0 Å². The van der Waals surface area contributed by atoms with E-state index in [0.29, 0.717) is 0 Å². The molecule has 3 aromatic rings. The lowest BCUT2D eigenvalue weighted by molar-refractivity contribution is 1.26. The third-order valence-corrected chi connectivity index (χ3v) is 4.09. The van der Waals surface area contributed by atoms with Crippen molar-refractivity contribution < 1.29 is 0 Å². The Hall–Kier alpha value is -2.60. The lowest BCUT2D eigenvalue weighted by atomic mass is 10.0. The van der Waals surface area contributed by atoms with Crippen LogP contribution in [-0.4, -0.2) is 0 Å². The van der Waals surface area contributed by atoms with Crippen LogP contribution in [0.15, 0.2) is 72.8 Å². The molecular weight excluding hydrogens is 252 g/mol. The second-order valence-electron chi connectivity index (χ2n) is 5.49. The Labute approximate surface area is 125 Å². The quantitative estimate of drug-likeness (QED) is 0.425. The van der Waals surface area contributed by atoms with Gasteiger partial charge in [-0.1, -0.05) is 84.9 Å². The summed E-state index contributed by atoms with van der Waals surface area (Å²) in [5.41, 5.74) is 8.17. The molecule has 0 saturated carbocycles. The molecule has 0 heterocycles. The molecule has 100 valence electrons. The van der Waals surface area contributed by atoms with Gasteiger partial charge < -0.3 is 0 Å². The Morgan fingerprint density at radius 2 is 1.29 bits per heavy atom. The largest absolute Gasteiger partial charge is 0.0622 e. The lowest BCUT2D eigenvalue weighted by Crippen LogP contribution is -1.81. The first-order valence-electron chi connectivity index (χ1n) is 7.34. The summed E-state index contributed by atoms with van der Waals surface area (Å²) in [6, 6.07) is 25.9. The first-order valence-corrected chi connectivity index (χ1v) is 7.34. The van der Waals surface area contributed by atoms with Crippen LogP contribution in [-0.2, 0) is 6.42 Å². The molecule has 0 N–H and O–H groups in total. The van der Waals surface area contributed by atoms with Gasteiger partial charge in [0.1, 0.15) is 0 Å². The van der Waals surface area contributed by atoms with Crippen LogP contribution in [0.1, 0.15) is 22.3 Å². The van der Waals surface area contributed by atoms with Gasteiger partial charge >= 0.3 is 0 Å². The normalized spacial score (nSPS) is 12.4. The van der Waals surface area contributed by atoms with Crippen LogP contribution in [0.2, 0.25) is 0 Å². The van der Waals surface area contributed by atoms with Gasteiger partial charge in [0.25, 0.3) is 0 Å². The fourth-order valence-corrected chi connectivity index (χ4v) is 3.03. The Balaban J connectivity index is 1.66. The second kappa shape index (κ2) is 5.06. The SMILES string of the molecule is C(=C\c1ccc2c(c1)Cc1ccccc1-2)/c1ccccc1. The summed E-state index contributed by atoms with van der Waals surface area (Å²) in [5, 5.41) is 0. The first kappa shape index (κ1) is 12.2. The van der Waals surface area contributed by atoms with Crippen LogP contribution in [0.3, 0.4) is 0 Å². The molecule has 0 fully saturated rings. The van der Waals surface area contributed by atoms with Crippen molar-refractivity contribution in [2.45, 2.75) is 6.42 Å². The van der Waals surface area contributed by atoms with Crippen LogP contribution in [0.25, 0.3) is 23.3 Å². The number of hydrogen-bond donors (Lipinski definition) is 0. The molecule has 21 heavy (non-hydrogen) atoms. The Morgan fingerprint density at radius 1 is 0.571 bits per heavy atom. The number of rotatable bonds is 2. The molecule has 1 aliphatic carbocycles. The molecule has 0 unspecified atom stereocenters. The van der Waals surface area contributed by atoms with Crippen molar-refractivity contribution >= 4 is 12.2 Å². The standard InChI is InChI=1S/C21H16/c1-2-6-16(7-3-1)10-11-17-12-13-21-19(14-17)15-18-8-4-5-9-20(18)21/h1-14H,15H2/b11-10+. The summed E-state index contributed by atoms with van der Waals surface area (Å²) in [6.07, 6.45) is 5.42. The van der Waals surface area contributed by atoms with E-state index in [9.17, 15) is 0 Å². The van der Waals surface area contributed by atoms with Gasteiger partial charge in [-0.05, 0) is 39.8 Å². The van der Waals surface area contributed by atoms with E-state index < -0.39 is 0 Å². The van der Waals surface area contributed by atoms with Crippen LogP contribution < -0.4 is 0 Å². The molecular formula is C21H16. The van der Waals surface area contributed by atoms with Crippen molar-refractivity contribution in [1.29, 1.82) is 0 Å². The van der Waals surface area contributed by atoms with Crippen LogP contribution in [0.4, 0.5) is 0 Å². The van der Waals surface area contributed by atoms with Gasteiger partial charge in [-0.2, -0.15) is 0 Å². The summed E-state index contributed by atoms with van der Waals surface area (Å²) < 4.78 is 0. The van der Waals surface area contributed by atoms with E-state index in [-0.39, 0.29) is 0 Å². The highest BCUT2D eigenvalue weighted by Gasteiger charge is 2.17. The predicted octanol–water partition coefficient (Wildman–Crippen LogP) is 5.43. The molecule has 0 aromatic heterocycles. The van der Waals surface area contributed by atoms with Crippen LogP contribution >= 0.6 is 0 Å². The minimum Gasteiger partial charge on any atom is -0.0622 e. The molecule has 4 rings (SSSR count). The molecule has 1 aliphatic rings. The van der Waals surface area contributed by atoms with Crippen LogP contribution in [0, 0.1) is 0 Å². The highest BCUT2D eigenvalue weighted by atomic mass is 14.2. The monoisotopic (exact) mass is 268 g/mol. The summed E-state index contributed by atoms with van der Waals surface area (Å²) >= 11 is 0. The minimum absolute atomic E-state index is 1.05. The molecule has 3 aromatic carbocycles. The summed E-state index contributed by atoms with van der Waals surface area (Å²) in [5.74, 6) is 0. The van der Waals surface area contributed by atoms with E-state index >= 15 is 0 Å². The van der Waals surface area contributed by atoms with Gasteiger partial charge in [-0.15, -0.1) is 0 Å². The van der Waals surface area contributed by atoms with Gasteiger partial charge in [0.15, 0.2) is 0 Å². The van der Waals surface area contributed by atoms with Gasteiger partial charge in [0.05, 0.1) is 0 Å². The molecule has 0 heteroatoms. The zero-order valence-corrected chi connectivity index (χ0v) is 11.8. The molecule has 0 atom stereocenters. The van der Waals surface area contributed by atoms with Crippen molar-refractivity contribution in [3.8, 4) is 11.1 Å². The van der Waals surface area contributed by atoms with E-state index in [4.69, 9.17) is 0 Å². The van der Waals surface area contributed by atoms with Crippen LogP contribution in [0.5, 0.6) is 0 Å². The molecule has 0 spiro atoms. The third kappa shape index (κ3) is 2.30. The maximum Gasteiger partial charge on any atom is -0.00132 e. The Kier molecular flexibility index (Phi) is 2.93. The fourth-order valence-electron chi connectivity index (χ4n) is 3.03. The third-order valence-electron chi connectivity index (χ3n) is 4.09. The molecule has 0 bridgehead atoms. The van der Waals surface area contributed by atoms with Crippen molar-refractivity contribution in [3.05, 3.63) is 95.1 Å².